The van der Waals surface area contributed by atoms with Gasteiger partial charge in [0.25, 0.3) is 0 Å². The van der Waals surface area contributed by atoms with E-state index in [-0.39, 0.29) is 0 Å². The molecule has 4 heteroatoms. The van der Waals surface area contributed by atoms with Gasteiger partial charge in [-0.1, -0.05) is 43.1 Å². The van der Waals surface area contributed by atoms with Crippen molar-refractivity contribution in [1.82, 2.24) is 4.98 Å². The third-order valence-corrected chi connectivity index (χ3v) is 3.36. The molecule has 0 fully saturated rings. The summed E-state index contributed by atoms with van der Waals surface area (Å²) < 4.78 is 5.75. The monoisotopic (exact) mass is 290 g/mol. The van der Waals surface area contributed by atoms with E-state index in [4.69, 9.17) is 22.1 Å². The van der Waals surface area contributed by atoms with Gasteiger partial charge in [-0.05, 0) is 24.1 Å². The number of ether oxygens (including phenoxy) is 1. The molecule has 0 aliphatic rings. The molecule has 1 aromatic heterocycles. The molecule has 0 bridgehead atoms. The predicted octanol–water partition coefficient (Wildman–Crippen LogP) is 3.73. The molecule has 2 N–H and O–H groups in total. The van der Waals surface area contributed by atoms with Crippen LogP contribution in [0.4, 0.5) is 0 Å². The summed E-state index contributed by atoms with van der Waals surface area (Å²) in [4.78, 5) is 4.49. The highest BCUT2D eigenvalue weighted by molar-refractivity contribution is 6.31. The number of nitrogens with two attached hydrogens (primary N) is 1. The summed E-state index contributed by atoms with van der Waals surface area (Å²) in [6.45, 7) is 3.02. The van der Waals surface area contributed by atoms with E-state index in [9.17, 15) is 0 Å². The van der Waals surface area contributed by atoms with Crippen LogP contribution in [0.1, 0.15) is 30.2 Å². The van der Waals surface area contributed by atoms with Gasteiger partial charge in [0, 0.05) is 28.9 Å². The Kier molecular flexibility index (Phi) is 5.39. The molecular formula is C16H19ClN2O. The smallest absolute Gasteiger partial charge is 0.214 e. The second-order valence-electron chi connectivity index (χ2n) is 4.64. The third-order valence-electron chi connectivity index (χ3n) is 2.99. The normalized spacial score (nSPS) is 10.6. The van der Waals surface area contributed by atoms with Crippen molar-refractivity contribution in [2.45, 2.75) is 32.9 Å². The van der Waals surface area contributed by atoms with Crippen molar-refractivity contribution in [3.05, 3.63) is 58.2 Å². The molecule has 0 saturated carbocycles. The van der Waals surface area contributed by atoms with Crippen molar-refractivity contribution in [1.29, 1.82) is 0 Å². The van der Waals surface area contributed by atoms with Gasteiger partial charge < -0.3 is 10.5 Å². The second kappa shape index (κ2) is 7.27. The second-order valence-corrected chi connectivity index (χ2v) is 5.05. The number of aromatic nitrogens is 1. The van der Waals surface area contributed by atoms with Crippen LogP contribution in [0.2, 0.25) is 5.02 Å². The Balaban J connectivity index is 2.12. The van der Waals surface area contributed by atoms with E-state index in [0.29, 0.717) is 24.1 Å². The van der Waals surface area contributed by atoms with Crippen molar-refractivity contribution in [2.24, 2.45) is 5.73 Å². The maximum absolute atomic E-state index is 6.11. The predicted molar refractivity (Wildman–Crippen MR) is 81.9 cm³/mol. The topological polar surface area (TPSA) is 48.1 Å². The average molecular weight is 291 g/mol. The number of pyridine rings is 1. The van der Waals surface area contributed by atoms with Crippen LogP contribution in [-0.4, -0.2) is 4.98 Å². The Bertz CT molecular complexity index is 572. The van der Waals surface area contributed by atoms with Gasteiger partial charge >= 0.3 is 0 Å². The lowest BCUT2D eigenvalue weighted by Gasteiger charge is -2.10. The lowest BCUT2D eigenvalue weighted by molar-refractivity contribution is 0.292. The maximum atomic E-state index is 6.11. The summed E-state index contributed by atoms with van der Waals surface area (Å²) in [5.74, 6) is 0.608. The van der Waals surface area contributed by atoms with Crippen molar-refractivity contribution in [2.75, 3.05) is 0 Å². The Morgan fingerprint density at radius 1 is 1.25 bits per heavy atom. The van der Waals surface area contributed by atoms with E-state index in [1.807, 2.05) is 36.4 Å². The minimum Gasteiger partial charge on any atom is -0.473 e. The molecule has 0 unspecified atom stereocenters. The zero-order valence-electron chi connectivity index (χ0n) is 11.6. The molecule has 1 heterocycles. The standard InChI is InChI=1S/C16H19ClN2O/c1-2-5-14-8-12(10-18)9-16(19-14)20-11-13-6-3-4-7-15(13)17/h3-4,6-9H,2,5,10-11,18H2,1H3. The number of halogens is 1. The van der Waals surface area contributed by atoms with Gasteiger partial charge in [-0.3, -0.25) is 0 Å². The number of nitrogens with zero attached hydrogens (tertiary/aromatic N) is 1. The van der Waals surface area contributed by atoms with Crippen LogP contribution in [0.15, 0.2) is 36.4 Å². The average Bonchev–Trinajstić information content (AvgIpc) is 2.46. The molecule has 2 rings (SSSR count). The van der Waals surface area contributed by atoms with Gasteiger partial charge in [-0.15, -0.1) is 0 Å². The molecule has 0 aliphatic carbocycles. The number of hydrogen-bond acceptors (Lipinski definition) is 3. The molecular weight excluding hydrogens is 272 g/mol. The molecule has 0 aliphatic heterocycles. The number of hydrogen-bond donors (Lipinski definition) is 1. The first kappa shape index (κ1) is 14.8. The molecule has 1 aromatic carbocycles. The number of benzene rings is 1. The van der Waals surface area contributed by atoms with Crippen molar-refractivity contribution >= 4 is 11.6 Å². The van der Waals surface area contributed by atoms with E-state index >= 15 is 0 Å². The molecule has 0 spiro atoms. The summed E-state index contributed by atoms with van der Waals surface area (Å²) in [6.07, 6.45) is 1.97. The van der Waals surface area contributed by atoms with Gasteiger partial charge in [0.2, 0.25) is 5.88 Å². The highest BCUT2D eigenvalue weighted by Gasteiger charge is 2.05. The fraction of sp³-hybridized carbons (Fsp3) is 0.312. The van der Waals surface area contributed by atoms with E-state index in [0.717, 1.165) is 29.7 Å². The SMILES string of the molecule is CCCc1cc(CN)cc(OCc2ccccc2Cl)n1. The summed E-state index contributed by atoms with van der Waals surface area (Å²) in [5, 5.41) is 0.705. The highest BCUT2D eigenvalue weighted by Crippen LogP contribution is 2.19. The van der Waals surface area contributed by atoms with Crippen LogP contribution in [-0.2, 0) is 19.6 Å². The van der Waals surface area contributed by atoms with Gasteiger partial charge in [0.15, 0.2) is 0 Å². The molecule has 2 aromatic rings. The molecule has 0 saturated heterocycles. The van der Waals surface area contributed by atoms with Gasteiger partial charge in [0.05, 0.1) is 0 Å². The van der Waals surface area contributed by atoms with Crippen molar-refractivity contribution in [3.63, 3.8) is 0 Å². The molecule has 0 radical (unpaired) electrons. The largest absolute Gasteiger partial charge is 0.473 e. The van der Waals surface area contributed by atoms with Gasteiger partial charge in [0.1, 0.15) is 6.61 Å². The van der Waals surface area contributed by atoms with E-state index < -0.39 is 0 Å². The summed E-state index contributed by atoms with van der Waals surface area (Å²) >= 11 is 6.11. The molecule has 20 heavy (non-hydrogen) atoms. The van der Waals surface area contributed by atoms with Crippen LogP contribution in [0.25, 0.3) is 0 Å². The Labute approximate surface area is 124 Å². The van der Waals surface area contributed by atoms with Crippen LogP contribution in [0, 0.1) is 0 Å². The number of aryl methyl sites for hydroxylation is 1. The molecule has 106 valence electrons. The molecule has 0 amide bonds. The Morgan fingerprint density at radius 2 is 2.05 bits per heavy atom. The van der Waals surface area contributed by atoms with Gasteiger partial charge in [-0.25, -0.2) is 4.98 Å². The van der Waals surface area contributed by atoms with Crippen LogP contribution in [0.5, 0.6) is 5.88 Å². The first-order chi connectivity index (χ1) is 9.72. The highest BCUT2D eigenvalue weighted by atomic mass is 35.5. The Morgan fingerprint density at radius 3 is 2.75 bits per heavy atom. The van der Waals surface area contributed by atoms with Crippen molar-refractivity contribution < 1.29 is 4.74 Å². The summed E-state index contributed by atoms with van der Waals surface area (Å²) in [5.41, 5.74) is 8.72. The molecule has 0 atom stereocenters. The first-order valence-corrected chi connectivity index (χ1v) is 7.17. The van der Waals surface area contributed by atoms with Crippen molar-refractivity contribution in [3.8, 4) is 5.88 Å². The van der Waals surface area contributed by atoms with E-state index in [1.54, 1.807) is 0 Å². The summed E-state index contributed by atoms with van der Waals surface area (Å²) in [7, 11) is 0. The summed E-state index contributed by atoms with van der Waals surface area (Å²) in [6, 6.07) is 11.6. The van der Waals surface area contributed by atoms with E-state index in [1.165, 1.54) is 0 Å². The van der Waals surface area contributed by atoms with Gasteiger partial charge in [-0.2, -0.15) is 0 Å². The third kappa shape index (κ3) is 3.95. The fourth-order valence-corrected chi connectivity index (χ4v) is 2.15. The zero-order valence-corrected chi connectivity index (χ0v) is 12.4. The minimum atomic E-state index is 0.409. The Hall–Kier alpha value is -1.58. The first-order valence-electron chi connectivity index (χ1n) is 6.79. The van der Waals surface area contributed by atoms with Crippen LogP contribution in [0.3, 0.4) is 0 Å². The van der Waals surface area contributed by atoms with Crippen LogP contribution >= 0.6 is 11.6 Å². The fourth-order valence-electron chi connectivity index (χ4n) is 1.96. The number of rotatable bonds is 6. The maximum Gasteiger partial charge on any atom is 0.214 e. The lowest BCUT2D eigenvalue weighted by atomic mass is 10.1. The minimum absolute atomic E-state index is 0.409. The molecule has 3 nitrogen and oxygen atoms in total. The van der Waals surface area contributed by atoms with Crippen LogP contribution < -0.4 is 10.5 Å². The zero-order chi connectivity index (χ0) is 14.4. The van der Waals surface area contributed by atoms with E-state index in [2.05, 4.69) is 11.9 Å². The quantitative estimate of drug-likeness (QED) is 0.882. The lowest BCUT2D eigenvalue weighted by Crippen LogP contribution is -2.04.